The lowest BCUT2D eigenvalue weighted by atomic mass is 10.3. The van der Waals surface area contributed by atoms with E-state index in [-0.39, 0.29) is 23.6 Å². The van der Waals surface area contributed by atoms with Gasteiger partial charge in [0, 0.05) is 13.0 Å². The summed E-state index contributed by atoms with van der Waals surface area (Å²) in [5, 5.41) is 22.6. The Bertz CT molecular complexity index is 805. The lowest BCUT2D eigenvalue weighted by Gasteiger charge is -2.15. The average Bonchev–Trinajstić information content (AvgIpc) is 3.08. The van der Waals surface area contributed by atoms with Crippen molar-refractivity contribution in [2.24, 2.45) is 0 Å². The molecule has 2 aromatic rings. The molecule has 1 saturated carbocycles. The number of thioether (sulfide) groups is 1. The van der Waals surface area contributed by atoms with Gasteiger partial charge in [-0.2, -0.15) is 5.26 Å². The van der Waals surface area contributed by atoms with Crippen molar-refractivity contribution in [1.82, 2.24) is 10.2 Å². The third-order valence-electron chi connectivity index (χ3n) is 3.22. The minimum atomic E-state index is -0.207. The minimum absolute atomic E-state index is 0.0373. The standard InChI is InChI=1S/C14H13N5O2S3/c1-8(20)19(10-2-3-10)13-17-18-14(24-13)23-7-11(21)16-12-9(6-15)4-5-22-12/h4-5,10H,2-3,7H2,1H3,(H,16,21). The van der Waals surface area contributed by atoms with Crippen molar-refractivity contribution in [3.8, 4) is 6.07 Å². The van der Waals surface area contributed by atoms with E-state index in [1.54, 1.807) is 16.3 Å². The molecule has 10 heteroatoms. The number of nitrogens with one attached hydrogen (secondary N) is 1. The van der Waals surface area contributed by atoms with E-state index in [9.17, 15) is 9.59 Å². The first-order chi connectivity index (χ1) is 11.6. The van der Waals surface area contributed by atoms with Crippen LogP contribution in [-0.2, 0) is 9.59 Å². The molecule has 2 amide bonds. The molecule has 0 unspecified atom stereocenters. The highest BCUT2D eigenvalue weighted by molar-refractivity contribution is 8.01. The van der Waals surface area contributed by atoms with Gasteiger partial charge in [-0.05, 0) is 24.3 Å². The van der Waals surface area contributed by atoms with E-state index in [4.69, 9.17) is 5.26 Å². The van der Waals surface area contributed by atoms with Crippen LogP contribution in [-0.4, -0.2) is 33.8 Å². The first-order valence-electron chi connectivity index (χ1n) is 7.12. The summed E-state index contributed by atoms with van der Waals surface area (Å²) in [5.74, 6) is -0.0769. The van der Waals surface area contributed by atoms with E-state index >= 15 is 0 Å². The molecule has 1 aliphatic carbocycles. The number of nitrogens with zero attached hydrogens (tertiary/aromatic N) is 4. The number of rotatable bonds is 6. The molecule has 0 atom stereocenters. The second-order valence-corrected chi connectivity index (χ2v) is 8.18. The van der Waals surface area contributed by atoms with Crippen LogP contribution in [0.5, 0.6) is 0 Å². The smallest absolute Gasteiger partial charge is 0.235 e. The molecule has 2 heterocycles. The molecule has 0 radical (unpaired) electrons. The van der Waals surface area contributed by atoms with Crippen LogP contribution in [0.2, 0.25) is 0 Å². The van der Waals surface area contributed by atoms with Gasteiger partial charge in [0.15, 0.2) is 4.34 Å². The van der Waals surface area contributed by atoms with Gasteiger partial charge in [-0.25, -0.2) is 0 Å². The molecule has 1 fully saturated rings. The minimum Gasteiger partial charge on any atom is -0.316 e. The van der Waals surface area contributed by atoms with Crippen LogP contribution in [0, 0.1) is 11.3 Å². The van der Waals surface area contributed by atoms with Gasteiger partial charge in [-0.15, -0.1) is 21.5 Å². The third kappa shape index (κ3) is 3.92. The average molecular weight is 379 g/mol. The largest absolute Gasteiger partial charge is 0.316 e. The summed E-state index contributed by atoms with van der Waals surface area (Å²) in [6.45, 7) is 1.52. The number of hydrogen-bond donors (Lipinski definition) is 1. The van der Waals surface area contributed by atoms with E-state index in [2.05, 4.69) is 15.5 Å². The van der Waals surface area contributed by atoms with Crippen LogP contribution in [0.25, 0.3) is 0 Å². The molecular formula is C14H13N5O2S3. The van der Waals surface area contributed by atoms with E-state index in [0.717, 1.165) is 12.8 Å². The van der Waals surface area contributed by atoms with E-state index in [0.29, 0.717) is 20.0 Å². The first kappa shape index (κ1) is 16.9. The highest BCUT2D eigenvalue weighted by atomic mass is 32.2. The zero-order valence-electron chi connectivity index (χ0n) is 12.7. The molecule has 2 aromatic heterocycles. The Balaban J connectivity index is 1.56. The van der Waals surface area contributed by atoms with Crippen molar-refractivity contribution < 1.29 is 9.59 Å². The van der Waals surface area contributed by atoms with Gasteiger partial charge in [0.2, 0.25) is 16.9 Å². The summed E-state index contributed by atoms with van der Waals surface area (Å²) in [7, 11) is 0. The van der Waals surface area contributed by atoms with Crippen molar-refractivity contribution in [1.29, 1.82) is 5.26 Å². The normalized spacial score (nSPS) is 13.3. The summed E-state index contributed by atoms with van der Waals surface area (Å²) >= 11 is 3.89. The quantitative estimate of drug-likeness (QED) is 0.612. The molecule has 0 spiro atoms. The first-order valence-corrected chi connectivity index (χ1v) is 9.80. The Labute approximate surface area is 150 Å². The van der Waals surface area contributed by atoms with Crippen LogP contribution in [0.1, 0.15) is 25.3 Å². The fraction of sp³-hybridized carbons (Fsp3) is 0.357. The van der Waals surface area contributed by atoms with Gasteiger partial charge < -0.3 is 5.32 Å². The molecule has 0 saturated heterocycles. The fourth-order valence-electron chi connectivity index (χ4n) is 2.02. The molecule has 0 aliphatic heterocycles. The fourth-order valence-corrected chi connectivity index (χ4v) is 4.53. The van der Waals surface area contributed by atoms with Gasteiger partial charge in [-0.1, -0.05) is 23.1 Å². The highest BCUT2D eigenvalue weighted by Gasteiger charge is 2.34. The Morgan fingerprint density at radius 1 is 1.50 bits per heavy atom. The number of carbonyl (C=O) groups excluding carboxylic acids is 2. The van der Waals surface area contributed by atoms with Crippen LogP contribution >= 0.6 is 34.4 Å². The maximum atomic E-state index is 12.0. The summed E-state index contributed by atoms with van der Waals surface area (Å²) < 4.78 is 0.638. The highest BCUT2D eigenvalue weighted by Crippen LogP contribution is 2.35. The van der Waals surface area contributed by atoms with Crippen molar-refractivity contribution >= 4 is 56.4 Å². The van der Waals surface area contributed by atoms with Crippen molar-refractivity contribution in [2.75, 3.05) is 16.0 Å². The number of thiophene rings is 1. The van der Waals surface area contributed by atoms with E-state index in [1.165, 1.54) is 41.4 Å². The zero-order valence-corrected chi connectivity index (χ0v) is 15.1. The second-order valence-electron chi connectivity index (χ2n) is 5.08. The van der Waals surface area contributed by atoms with Crippen LogP contribution in [0.3, 0.4) is 0 Å². The Morgan fingerprint density at radius 2 is 2.29 bits per heavy atom. The SMILES string of the molecule is CC(=O)N(c1nnc(SCC(=O)Nc2sccc2C#N)s1)C1CC1. The van der Waals surface area contributed by atoms with E-state index in [1.807, 2.05) is 6.07 Å². The third-order valence-corrected chi connectivity index (χ3v) is 6.10. The molecule has 0 bridgehead atoms. The molecular weight excluding hydrogens is 366 g/mol. The monoisotopic (exact) mass is 379 g/mol. The molecule has 1 N–H and O–H groups in total. The summed E-state index contributed by atoms with van der Waals surface area (Å²) in [6, 6.07) is 3.93. The van der Waals surface area contributed by atoms with Gasteiger partial charge in [0.05, 0.1) is 11.3 Å². The Hall–Kier alpha value is -1.96. The number of amides is 2. The molecule has 7 nitrogen and oxygen atoms in total. The molecule has 0 aromatic carbocycles. The lowest BCUT2D eigenvalue weighted by molar-refractivity contribution is -0.116. The second kappa shape index (κ2) is 7.29. The van der Waals surface area contributed by atoms with Gasteiger partial charge in [0.1, 0.15) is 11.1 Å². The molecule has 124 valence electrons. The number of carbonyl (C=O) groups is 2. The molecule has 1 aliphatic rings. The predicted octanol–water partition coefficient (Wildman–Crippen LogP) is 2.72. The zero-order chi connectivity index (χ0) is 17.1. The van der Waals surface area contributed by atoms with Crippen LogP contribution in [0.15, 0.2) is 15.8 Å². The van der Waals surface area contributed by atoms with Crippen LogP contribution < -0.4 is 10.2 Å². The lowest BCUT2D eigenvalue weighted by Crippen LogP contribution is -2.30. The number of aromatic nitrogens is 2. The Morgan fingerprint density at radius 3 is 2.96 bits per heavy atom. The topological polar surface area (TPSA) is 99.0 Å². The van der Waals surface area contributed by atoms with Gasteiger partial charge in [-0.3, -0.25) is 14.5 Å². The van der Waals surface area contributed by atoms with Gasteiger partial charge >= 0.3 is 0 Å². The van der Waals surface area contributed by atoms with Crippen molar-refractivity contribution in [3.63, 3.8) is 0 Å². The number of anilines is 2. The summed E-state index contributed by atoms with van der Waals surface area (Å²) in [5.41, 5.74) is 0.457. The maximum Gasteiger partial charge on any atom is 0.235 e. The molecule has 24 heavy (non-hydrogen) atoms. The number of hydrogen-bond acceptors (Lipinski definition) is 8. The number of nitriles is 1. The summed E-state index contributed by atoms with van der Waals surface area (Å²) in [4.78, 5) is 25.4. The van der Waals surface area contributed by atoms with Crippen LogP contribution in [0.4, 0.5) is 10.1 Å². The molecule has 3 rings (SSSR count). The van der Waals surface area contributed by atoms with Crippen molar-refractivity contribution in [3.05, 3.63) is 17.0 Å². The predicted molar refractivity (Wildman–Crippen MR) is 94.5 cm³/mol. The summed E-state index contributed by atoms with van der Waals surface area (Å²) in [6.07, 6.45) is 1.98. The van der Waals surface area contributed by atoms with Gasteiger partial charge in [0.25, 0.3) is 0 Å². The van der Waals surface area contributed by atoms with E-state index < -0.39 is 0 Å². The van der Waals surface area contributed by atoms with Crippen molar-refractivity contribution in [2.45, 2.75) is 30.1 Å². The maximum absolute atomic E-state index is 12.0. The Kier molecular flexibility index (Phi) is 5.13.